The third kappa shape index (κ3) is 2.14. The van der Waals surface area contributed by atoms with Crippen LogP contribution in [0, 0.1) is 0 Å². The van der Waals surface area contributed by atoms with Crippen molar-refractivity contribution in [3.05, 3.63) is 30.3 Å². The quantitative estimate of drug-likeness (QED) is 0.752. The molecular weight excluding hydrogens is 231 g/mol. The molecule has 1 aliphatic rings. The fourth-order valence-corrected chi connectivity index (χ4v) is 6.78. The van der Waals surface area contributed by atoms with E-state index in [-0.39, 0.29) is 5.34 Å². The molecule has 1 aromatic rings. The molecule has 0 aromatic heterocycles. The average Bonchev–Trinajstić information content (AvgIpc) is 2.30. The largest absolute Gasteiger partial charge is 0.336 e. The number of rotatable bonds is 2. The van der Waals surface area contributed by atoms with Gasteiger partial charge in [-0.1, -0.05) is 18.2 Å². The molecule has 94 valence electrons. The molecule has 0 N–H and O–H groups in total. The molecule has 17 heavy (non-hydrogen) atoms. The molecule has 1 aliphatic heterocycles. The van der Waals surface area contributed by atoms with Gasteiger partial charge in [0.25, 0.3) is 0 Å². The Morgan fingerprint density at radius 3 is 2.47 bits per heavy atom. The van der Waals surface area contributed by atoms with E-state index in [9.17, 15) is 0 Å². The molecule has 1 unspecified atom stereocenters. The van der Waals surface area contributed by atoms with Crippen LogP contribution in [0.25, 0.3) is 0 Å². The Balaban J connectivity index is 2.43. The molecule has 2 atom stereocenters. The predicted molar refractivity (Wildman–Crippen MR) is 74.1 cm³/mol. The third-order valence-electron chi connectivity index (χ3n) is 3.69. The molecule has 2 rings (SSSR count). The molecule has 0 radical (unpaired) electrons. The molecule has 0 amide bonds. The highest BCUT2D eigenvalue weighted by atomic mass is 31.2. The Hall–Kier alpha value is -0.430. The van der Waals surface area contributed by atoms with Crippen molar-refractivity contribution in [3.63, 3.8) is 0 Å². The first-order valence-electron chi connectivity index (χ1n) is 6.19. The first-order chi connectivity index (χ1) is 8.02. The van der Waals surface area contributed by atoms with Gasteiger partial charge in [0.1, 0.15) is 5.30 Å². The Morgan fingerprint density at radius 2 is 1.94 bits per heavy atom. The van der Waals surface area contributed by atoms with Gasteiger partial charge >= 0.3 is 0 Å². The minimum Gasteiger partial charge on any atom is -0.336 e. The summed E-state index contributed by atoms with van der Waals surface area (Å²) in [6.07, 6.45) is 2.53. The van der Waals surface area contributed by atoms with Crippen molar-refractivity contribution in [1.82, 2.24) is 0 Å². The van der Waals surface area contributed by atoms with E-state index in [1.807, 2.05) is 7.11 Å². The highest BCUT2D eigenvalue weighted by molar-refractivity contribution is 7.79. The maximum Gasteiger partial charge on any atom is 0.209 e. The summed E-state index contributed by atoms with van der Waals surface area (Å²) in [5.41, 5.74) is 0. The van der Waals surface area contributed by atoms with Crippen LogP contribution in [0.15, 0.2) is 30.3 Å². The van der Waals surface area contributed by atoms with Crippen molar-refractivity contribution >= 4 is 12.8 Å². The number of hydrogen-bond donors (Lipinski definition) is 0. The van der Waals surface area contributed by atoms with Gasteiger partial charge in [-0.15, -0.1) is 0 Å². The monoisotopic (exact) mass is 253 g/mol. The lowest BCUT2D eigenvalue weighted by Gasteiger charge is -2.43. The second-order valence-corrected chi connectivity index (χ2v) is 9.03. The second kappa shape index (κ2) is 4.68. The SMILES string of the molecule is CO[P+]1(c2ccccc2)CC[C@@H](C)OC1(C)C. The van der Waals surface area contributed by atoms with Crippen molar-refractivity contribution in [1.29, 1.82) is 0 Å². The van der Waals surface area contributed by atoms with Crippen LogP contribution >= 0.6 is 7.49 Å². The standard InChI is InChI=1S/C14H22O2P/c1-12-10-11-17(15-4,14(2,3)16-12)13-8-6-5-7-9-13/h5-9,12H,10-11H2,1-4H3/q+1/t12-,17?/m1/s1. The van der Waals surface area contributed by atoms with E-state index in [0.29, 0.717) is 6.10 Å². The Bertz CT molecular complexity index is 377. The van der Waals surface area contributed by atoms with Crippen LogP contribution in [0.1, 0.15) is 27.2 Å². The molecule has 1 fully saturated rings. The van der Waals surface area contributed by atoms with E-state index in [0.717, 1.165) is 12.6 Å². The number of hydrogen-bond acceptors (Lipinski definition) is 2. The summed E-state index contributed by atoms with van der Waals surface area (Å²) in [7, 11) is 0.149. The summed E-state index contributed by atoms with van der Waals surface area (Å²) >= 11 is 0. The average molecular weight is 253 g/mol. The van der Waals surface area contributed by atoms with Gasteiger partial charge in [-0.3, -0.25) is 0 Å². The van der Waals surface area contributed by atoms with Gasteiger partial charge in [0.15, 0.2) is 0 Å². The molecule has 1 heterocycles. The highest BCUT2D eigenvalue weighted by Gasteiger charge is 2.59. The number of ether oxygens (including phenoxy) is 1. The van der Waals surface area contributed by atoms with Crippen LogP contribution in [0.4, 0.5) is 0 Å². The van der Waals surface area contributed by atoms with Crippen LogP contribution in [-0.2, 0) is 9.26 Å². The minimum atomic E-state index is -1.69. The molecule has 0 aliphatic carbocycles. The first-order valence-corrected chi connectivity index (χ1v) is 8.08. The normalized spacial score (nSPS) is 32.4. The van der Waals surface area contributed by atoms with E-state index in [2.05, 4.69) is 51.1 Å². The highest BCUT2D eigenvalue weighted by Crippen LogP contribution is 2.71. The fraction of sp³-hybridized carbons (Fsp3) is 0.571. The van der Waals surface area contributed by atoms with E-state index in [1.54, 1.807) is 0 Å². The van der Waals surface area contributed by atoms with Gasteiger partial charge in [-0.05, 0) is 19.1 Å². The van der Waals surface area contributed by atoms with Crippen LogP contribution in [0.5, 0.6) is 0 Å². The van der Waals surface area contributed by atoms with Gasteiger partial charge in [0.05, 0.1) is 19.4 Å². The fourth-order valence-electron chi connectivity index (χ4n) is 2.79. The molecule has 1 aromatic carbocycles. The summed E-state index contributed by atoms with van der Waals surface area (Å²) in [6.45, 7) is 6.50. The van der Waals surface area contributed by atoms with Crippen molar-refractivity contribution in [2.24, 2.45) is 0 Å². The lowest BCUT2D eigenvalue weighted by Crippen LogP contribution is -2.43. The molecule has 0 spiro atoms. The van der Waals surface area contributed by atoms with Crippen LogP contribution < -0.4 is 5.30 Å². The number of benzene rings is 1. The van der Waals surface area contributed by atoms with Gasteiger partial charge in [-0.2, -0.15) is 0 Å². The Kier molecular flexibility index (Phi) is 3.58. The van der Waals surface area contributed by atoms with Gasteiger partial charge in [0, 0.05) is 20.3 Å². The van der Waals surface area contributed by atoms with Crippen molar-refractivity contribution < 1.29 is 9.26 Å². The maximum atomic E-state index is 6.16. The Labute approximate surface area is 105 Å². The maximum absolute atomic E-state index is 6.16. The van der Waals surface area contributed by atoms with E-state index in [4.69, 9.17) is 9.26 Å². The smallest absolute Gasteiger partial charge is 0.209 e. The van der Waals surface area contributed by atoms with Crippen LogP contribution in [0.3, 0.4) is 0 Å². The molecule has 2 nitrogen and oxygen atoms in total. The van der Waals surface area contributed by atoms with Gasteiger partial charge in [-0.25, -0.2) is 4.52 Å². The summed E-state index contributed by atoms with van der Waals surface area (Å²) in [5.74, 6) is 0. The third-order valence-corrected chi connectivity index (χ3v) is 8.18. The molecular formula is C14H22O2P+. The summed E-state index contributed by atoms with van der Waals surface area (Å²) in [6, 6.07) is 10.6. The molecule has 0 saturated carbocycles. The topological polar surface area (TPSA) is 18.5 Å². The van der Waals surface area contributed by atoms with E-state index >= 15 is 0 Å². The lowest BCUT2D eigenvalue weighted by molar-refractivity contribution is -0.0272. The summed E-state index contributed by atoms with van der Waals surface area (Å²) < 4.78 is 12.2. The first kappa shape index (κ1) is 13.0. The molecule has 1 saturated heterocycles. The van der Waals surface area contributed by atoms with Crippen molar-refractivity contribution in [2.45, 2.75) is 38.6 Å². The van der Waals surface area contributed by atoms with E-state index in [1.165, 1.54) is 5.30 Å². The second-order valence-electron chi connectivity index (χ2n) is 5.15. The van der Waals surface area contributed by atoms with Gasteiger partial charge in [0.2, 0.25) is 12.8 Å². The van der Waals surface area contributed by atoms with Crippen molar-refractivity contribution in [2.75, 3.05) is 13.3 Å². The zero-order chi connectivity index (χ0) is 12.5. The minimum absolute atomic E-state index is 0.194. The zero-order valence-corrected chi connectivity index (χ0v) is 12.0. The summed E-state index contributed by atoms with van der Waals surface area (Å²) in [5, 5.41) is 1.13. The zero-order valence-electron chi connectivity index (χ0n) is 11.1. The van der Waals surface area contributed by atoms with E-state index < -0.39 is 7.49 Å². The lowest BCUT2D eigenvalue weighted by atomic mass is 10.3. The van der Waals surface area contributed by atoms with Crippen LogP contribution in [0.2, 0.25) is 0 Å². The van der Waals surface area contributed by atoms with Gasteiger partial charge < -0.3 is 4.74 Å². The van der Waals surface area contributed by atoms with Crippen LogP contribution in [-0.4, -0.2) is 24.7 Å². The summed E-state index contributed by atoms with van der Waals surface area (Å²) in [4.78, 5) is 0. The molecule has 3 heteroatoms. The predicted octanol–water partition coefficient (Wildman–Crippen LogP) is 3.44. The van der Waals surface area contributed by atoms with Crippen molar-refractivity contribution in [3.8, 4) is 0 Å². The Morgan fingerprint density at radius 1 is 1.29 bits per heavy atom. The molecule has 0 bridgehead atoms.